The molecule has 0 spiro atoms. The van der Waals surface area contributed by atoms with Crippen LogP contribution >= 0.6 is 12.4 Å². The number of hydrogen-bond acceptors (Lipinski definition) is 3. The third-order valence-electron chi connectivity index (χ3n) is 3.46. The molecule has 24 heavy (non-hydrogen) atoms. The molecule has 1 heterocycles. The highest BCUT2D eigenvalue weighted by molar-refractivity contribution is 5.85. The average molecular weight is 370 g/mol. The normalized spacial score (nSPS) is 15.5. The van der Waals surface area contributed by atoms with E-state index in [0.29, 0.717) is 39.3 Å². The quantitative estimate of drug-likeness (QED) is 0.562. The molecular formula is C16H20ClF4NO2. The topological polar surface area (TPSA) is 21.7 Å². The smallest absolute Gasteiger partial charge is 0.204 e. The number of nitrogens with zero attached hydrogens (tertiary/aromatic N) is 1. The van der Waals surface area contributed by atoms with Crippen LogP contribution in [-0.2, 0) is 4.74 Å². The number of morpholine rings is 1. The van der Waals surface area contributed by atoms with Crippen molar-refractivity contribution in [1.29, 1.82) is 0 Å². The Hall–Kier alpha value is -1.31. The highest BCUT2D eigenvalue weighted by Gasteiger charge is 2.25. The van der Waals surface area contributed by atoms with Crippen LogP contribution in [0.25, 0.3) is 6.08 Å². The fraction of sp³-hybridized carbons (Fsp3) is 0.500. The van der Waals surface area contributed by atoms with E-state index in [1.54, 1.807) is 6.92 Å². The Balaban J connectivity index is 0.00000288. The van der Waals surface area contributed by atoms with Crippen LogP contribution in [0.15, 0.2) is 6.08 Å². The summed E-state index contributed by atoms with van der Waals surface area (Å²) in [7, 11) is 0. The Morgan fingerprint density at radius 2 is 1.62 bits per heavy atom. The van der Waals surface area contributed by atoms with Gasteiger partial charge in [0.2, 0.25) is 11.6 Å². The lowest BCUT2D eigenvalue weighted by Gasteiger charge is -2.25. The summed E-state index contributed by atoms with van der Waals surface area (Å²) < 4.78 is 65.5. The molecule has 1 aromatic carbocycles. The number of rotatable bonds is 6. The zero-order valence-electron chi connectivity index (χ0n) is 13.3. The maximum Gasteiger partial charge on any atom is 0.204 e. The molecule has 0 amide bonds. The molecule has 1 aliphatic heterocycles. The van der Waals surface area contributed by atoms with E-state index in [1.165, 1.54) is 6.08 Å². The molecule has 0 bridgehead atoms. The lowest BCUT2D eigenvalue weighted by atomic mass is 10.1. The van der Waals surface area contributed by atoms with Crippen molar-refractivity contribution in [2.24, 2.45) is 0 Å². The van der Waals surface area contributed by atoms with Gasteiger partial charge in [0, 0.05) is 19.6 Å². The van der Waals surface area contributed by atoms with Crippen molar-refractivity contribution in [2.75, 3.05) is 39.5 Å². The van der Waals surface area contributed by atoms with Gasteiger partial charge < -0.3 is 9.47 Å². The number of benzene rings is 1. The van der Waals surface area contributed by atoms with E-state index in [0.717, 1.165) is 6.08 Å². The van der Waals surface area contributed by atoms with Crippen LogP contribution in [0, 0.1) is 23.3 Å². The predicted molar refractivity (Wildman–Crippen MR) is 85.6 cm³/mol. The highest BCUT2D eigenvalue weighted by atomic mass is 35.5. The molecule has 1 fully saturated rings. The summed E-state index contributed by atoms with van der Waals surface area (Å²) in [6, 6.07) is 0. The number of halogens is 5. The van der Waals surface area contributed by atoms with E-state index in [4.69, 9.17) is 9.47 Å². The Morgan fingerprint density at radius 3 is 2.17 bits per heavy atom. The number of hydrogen-bond donors (Lipinski definition) is 0. The average Bonchev–Trinajstić information content (AvgIpc) is 2.57. The third-order valence-corrected chi connectivity index (χ3v) is 3.46. The molecule has 136 valence electrons. The minimum Gasteiger partial charge on any atom is -0.487 e. The molecule has 0 saturated carbocycles. The second kappa shape index (κ2) is 9.86. The minimum atomic E-state index is -1.51. The van der Waals surface area contributed by atoms with Crippen LogP contribution in [-0.4, -0.2) is 44.4 Å². The summed E-state index contributed by atoms with van der Waals surface area (Å²) in [5.41, 5.74) is -0.739. The van der Waals surface area contributed by atoms with Gasteiger partial charge in [0.1, 0.15) is 0 Å². The molecule has 3 nitrogen and oxygen atoms in total. The largest absolute Gasteiger partial charge is 0.487 e. The first-order valence-electron chi connectivity index (χ1n) is 7.51. The van der Waals surface area contributed by atoms with Gasteiger partial charge in [-0.25, -0.2) is 8.78 Å². The van der Waals surface area contributed by atoms with Crippen LogP contribution < -0.4 is 4.74 Å². The van der Waals surface area contributed by atoms with Crippen LogP contribution in [0.2, 0.25) is 0 Å². The molecular weight excluding hydrogens is 350 g/mol. The molecule has 2 rings (SSSR count). The molecule has 8 heteroatoms. The molecule has 0 atom stereocenters. The van der Waals surface area contributed by atoms with Gasteiger partial charge in [0.25, 0.3) is 0 Å². The van der Waals surface area contributed by atoms with Crippen molar-refractivity contribution in [3.8, 4) is 5.75 Å². The Labute approximate surface area is 144 Å². The molecule has 0 radical (unpaired) electrons. The van der Waals surface area contributed by atoms with E-state index in [1.807, 2.05) is 4.90 Å². The van der Waals surface area contributed by atoms with Crippen LogP contribution in [0.3, 0.4) is 0 Å². The van der Waals surface area contributed by atoms with Crippen LogP contribution in [0.1, 0.15) is 18.9 Å². The van der Waals surface area contributed by atoms with E-state index in [2.05, 4.69) is 0 Å². The molecule has 0 N–H and O–H groups in total. The van der Waals surface area contributed by atoms with Gasteiger partial charge in [-0.1, -0.05) is 19.1 Å². The minimum absolute atomic E-state index is 0. The van der Waals surface area contributed by atoms with Crippen LogP contribution in [0.4, 0.5) is 17.6 Å². The fourth-order valence-electron chi connectivity index (χ4n) is 2.21. The predicted octanol–water partition coefficient (Wildman–Crippen LogP) is 3.80. The molecule has 0 aromatic heterocycles. The van der Waals surface area contributed by atoms with Crippen molar-refractivity contribution < 1.29 is 27.0 Å². The number of ether oxygens (including phenoxy) is 2. The zero-order chi connectivity index (χ0) is 16.8. The summed E-state index contributed by atoms with van der Waals surface area (Å²) >= 11 is 0. The summed E-state index contributed by atoms with van der Waals surface area (Å²) in [5, 5.41) is 0. The summed E-state index contributed by atoms with van der Waals surface area (Å²) in [6.07, 6.45) is 2.98. The summed E-state index contributed by atoms with van der Waals surface area (Å²) in [6.45, 7) is 4.67. The van der Waals surface area contributed by atoms with Crippen molar-refractivity contribution in [3.05, 3.63) is 34.9 Å². The van der Waals surface area contributed by atoms with Gasteiger partial charge >= 0.3 is 0 Å². The zero-order valence-corrected chi connectivity index (χ0v) is 14.1. The van der Waals surface area contributed by atoms with E-state index < -0.39 is 34.6 Å². The second-order valence-electron chi connectivity index (χ2n) is 5.16. The van der Waals surface area contributed by atoms with Crippen molar-refractivity contribution in [2.45, 2.75) is 13.3 Å². The first-order valence-corrected chi connectivity index (χ1v) is 7.51. The van der Waals surface area contributed by atoms with Crippen molar-refractivity contribution in [1.82, 2.24) is 4.90 Å². The summed E-state index contributed by atoms with van der Waals surface area (Å²) in [4.78, 5) is 2.00. The molecule has 0 unspecified atom stereocenters. The van der Waals surface area contributed by atoms with E-state index in [-0.39, 0.29) is 19.0 Å². The molecule has 1 saturated heterocycles. The second-order valence-corrected chi connectivity index (χ2v) is 5.16. The van der Waals surface area contributed by atoms with Gasteiger partial charge in [-0.3, -0.25) is 4.90 Å². The first kappa shape index (κ1) is 20.7. The van der Waals surface area contributed by atoms with Gasteiger partial charge in [0.15, 0.2) is 17.4 Å². The third kappa shape index (κ3) is 4.84. The monoisotopic (exact) mass is 369 g/mol. The van der Waals surface area contributed by atoms with Crippen LogP contribution in [0.5, 0.6) is 5.75 Å². The Kier molecular flexibility index (Phi) is 8.52. The fourth-order valence-corrected chi connectivity index (χ4v) is 2.21. The van der Waals surface area contributed by atoms with Gasteiger partial charge in [-0.2, -0.15) is 8.78 Å². The van der Waals surface area contributed by atoms with E-state index in [9.17, 15) is 17.6 Å². The standard InChI is InChI=1S/C16H19F4NO2.ClH/c1-2-8-23-16-14(19)12(17)11(13(18)15(16)20)4-3-5-21-6-9-22-10-7-21;/h3-4H,2,5-10H2,1H3;1H. The molecule has 0 aliphatic carbocycles. The maximum atomic E-state index is 13.9. The summed E-state index contributed by atoms with van der Waals surface area (Å²) in [5.74, 6) is -6.93. The van der Waals surface area contributed by atoms with Gasteiger partial charge in [0.05, 0.1) is 25.4 Å². The lowest BCUT2D eigenvalue weighted by molar-refractivity contribution is 0.0435. The maximum absolute atomic E-state index is 13.9. The highest BCUT2D eigenvalue weighted by Crippen LogP contribution is 2.30. The van der Waals surface area contributed by atoms with E-state index >= 15 is 0 Å². The van der Waals surface area contributed by atoms with Crippen molar-refractivity contribution in [3.63, 3.8) is 0 Å². The van der Waals surface area contributed by atoms with Crippen molar-refractivity contribution >= 4 is 18.5 Å². The lowest BCUT2D eigenvalue weighted by Crippen LogP contribution is -2.36. The first-order chi connectivity index (χ1) is 11.1. The SMILES string of the molecule is CCCOc1c(F)c(F)c(C=CCN2CCOCC2)c(F)c1F.Cl. The van der Waals surface area contributed by atoms with Gasteiger partial charge in [-0.05, 0) is 6.42 Å². The Morgan fingerprint density at radius 1 is 1.04 bits per heavy atom. The molecule has 1 aliphatic rings. The Bertz CT molecular complexity index is 549. The van der Waals surface area contributed by atoms with Gasteiger partial charge in [-0.15, -0.1) is 12.4 Å². The molecule has 1 aromatic rings.